The number of aromatic nitrogens is 3. The first-order chi connectivity index (χ1) is 15.6. The lowest BCUT2D eigenvalue weighted by Gasteiger charge is -2.17. The molecule has 0 saturated carbocycles. The molecular formula is C22H19ClN6O3. The van der Waals surface area contributed by atoms with Crippen LogP contribution in [0.1, 0.15) is 12.0 Å². The Balaban J connectivity index is 1.51. The number of nitriles is 1. The van der Waals surface area contributed by atoms with Gasteiger partial charge in [0, 0.05) is 36.6 Å². The van der Waals surface area contributed by atoms with E-state index in [2.05, 4.69) is 26.3 Å². The predicted octanol–water partition coefficient (Wildman–Crippen LogP) is 2.78. The average molecular weight is 451 g/mol. The number of benzene rings is 1. The summed E-state index contributed by atoms with van der Waals surface area (Å²) in [4.78, 5) is 25.9. The van der Waals surface area contributed by atoms with Crippen LogP contribution in [0.4, 0.5) is 11.6 Å². The zero-order chi connectivity index (χ0) is 22.5. The van der Waals surface area contributed by atoms with Gasteiger partial charge in [-0.1, -0.05) is 11.6 Å². The van der Waals surface area contributed by atoms with Gasteiger partial charge in [0.15, 0.2) is 0 Å². The largest absolute Gasteiger partial charge is 0.487 e. The number of rotatable bonds is 6. The number of carbonyl (C=O) groups excluding carboxylic acids is 1. The van der Waals surface area contributed by atoms with Gasteiger partial charge in [-0.15, -0.1) is 0 Å². The molecule has 162 valence electrons. The molecule has 0 bridgehead atoms. The van der Waals surface area contributed by atoms with Gasteiger partial charge in [-0.05, 0) is 36.4 Å². The van der Waals surface area contributed by atoms with E-state index in [4.69, 9.17) is 21.4 Å². The molecule has 0 radical (unpaired) electrons. The number of anilines is 2. The summed E-state index contributed by atoms with van der Waals surface area (Å²) < 4.78 is 5.97. The number of nitrogens with zero attached hydrogens (tertiary/aromatic N) is 5. The number of nitrogens with one attached hydrogen (secondary N) is 1. The Morgan fingerprint density at radius 2 is 2.12 bits per heavy atom. The Morgan fingerprint density at radius 1 is 1.28 bits per heavy atom. The molecule has 1 aliphatic rings. The SMILES string of the molecule is N#Cc1cc(-c2ccnc(Nc3ccnc(Cl)c3)n2)ccc1OC1CCN(C(=O)CO)C1. The van der Waals surface area contributed by atoms with Crippen molar-refractivity contribution in [3.63, 3.8) is 0 Å². The van der Waals surface area contributed by atoms with E-state index >= 15 is 0 Å². The van der Waals surface area contributed by atoms with E-state index in [-0.39, 0.29) is 12.0 Å². The number of pyridine rings is 1. The number of aliphatic hydroxyl groups excluding tert-OH is 1. The van der Waals surface area contributed by atoms with E-state index in [1.165, 1.54) is 0 Å². The Bertz CT molecular complexity index is 1180. The van der Waals surface area contributed by atoms with E-state index in [0.717, 1.165) is 5.56 Å². The van der Waals surface area contributed by atoms with Crippen LogP contribution in [-0.4, -0.2) is 56.7 Å². The van der Waals surface area contributed by atoms with Gasteiger partial charge in [0.25, 0.3) is 0 Å². The molecule has 1 amide bonds. The molecule has 3 heterocycles. The molecule has 2 N–H and O–H groups in total. The van der Waals surface area contributed by atoms with Crippen LogP contribution in [0, 0.1) is 11.3 Å². The smallest absolute Gasteiger partial charge is 0.248 e. The zero-order valence-electron chi connectivity index (χ0n) is 16.9. The molecule has 9 nitrogen and oxygen atoms in total. The summed E-state index contributed by atoms with van der Waals surface area (Å²) in [7, 11) is 0. The molecule has 0 aliphatic carbocycles. The van der Waals surface area contributed by atoms with Crippen molar-refractivity contribution in [2.45, 2.75) is 12.5 Å². The van der Waals surface area contributed by atoms with Crippen molar-refractivity contribution in [2.24, 2.45) is 0 Å². The lowest BCUT2D eigenvalue weighted by atomic mass is 10.1. The highest BCUT2D eigenvalue weighted by atomic mass is 35.5. The van der Waals surface area contributed by atoms with Crippen molar-refractivity contribution in [1.82, 2.24) is 19.9 Å². The summed E-state index contributed by atoms with van der Waals surface area (Å²) in [5.41, 5.74) is 2.43. The number of carbonyl (C=O) groups is 1. The Kier molecular flexibility index (Phi) is 6.44. The standard InChI is InChI=1S/C22H19ClN6O3/c23-20-10-16(3-6-25-20)27-22-26-7-4-18(28-22)14-1-2-19(15(9-14)11-24)32-17-5-8-29(12-17)21(31)13-30/h1-4,6-7,9-10,17,30H,5,8,12-13H2,(H,25,26,27,28). The Morgan fingerprint density at radius 3 is 2.91 bits per heavy atom. The second-order valence-electron chi connectivity index (χ2n) is 7.11. The Labute approximate surface area is 189 Å². The molecule has 2 aromatic heterocycles. The molecule has 1 aromatic carbocycles. The van der Waals surface area contributed by atoms with E-state index in [9.17, 15) is 10.1 Å². The fourth-order valence-electron chi connectivity index (χ4n) is 3.40. The Hall–Kier alpha value is -3.74. The van der Waals surface area contributed by atoms with E-state index in [1.807, 2.05) is 6.07 Å². The van der Waals surface area contributed by atoms with Crippen molar-refractivity contribution in [1.29, 1.82) is 5.26 Å². The number of hydrogen-bond acceptors (Lipinski definition) is 8. The molecule has 1 unspecified atom stereocenters. The average Bonchev–Trinajstić information content (AvgIpc) is 3.27. The second-order valence-corrected chi connectivity index (χ2v) is 7.49. The minimum absolute atomic E-state index is 0.231. The molecular weight excluding hydrogens is 432 g/mol. The molecule has 1 aliphatic heterocycles. The third kappa shape index (κ3) is 4.94. The molecule has 1 atom stereocenters. The van der Waals surface area contributed by atoms with E-state index < -0.39 is 6.61 Å². The van der Waals surface area contributed by atoms with Gasteiger partial charge in [0.1, 0.15) is 29.7 Å². The highest BCUT2D eigenvalue weighted by Gasteiger charge is 2.27. The highest BCUT2D eigenvalue weighted by Crippen LogP contribution is 2.28. The number of hydrogen-bond donors (Lipinski definition) is 2. The normalized spacial score (nSPS) is 15.3. The summed E-state index contributed by atoms with van der Waals surface area (Å²) in [6.07, 6.45) is 3.61. The molecule has 0 spiro atoms. The topological polar surface area (TPSA) is 124 Å². The quantitative estimate of drug-likeness (QED) is 0.549. The maximum Gasteiger partial charge on any atom is 0.248 e. The number of amides is 1. The summed E-state index contributed by atoms with van der Waals surface area (Å²) in [5.74, 6) is 0.496. The van der Waals surface area contributed by atoms with Crippen molar-refractivity contribution in [3.8, 4) is 23.1 Å². The van der Waals surface area contributed by atoms with Crippen LogP contribution in [0.5, 0.6) is 5.75 Å². The van der Waals surface area contributed by atoms with Crippen LogP contribution in [0.15, 0.2) is 48.8 Å². The molecule has 4 rings (SSSR count). The van der Waals surface area contributed by atoms with Crippen molar-refractivity contribution in [2.75, 3.05) is 25.0 Å². The molecule has 3 aromatic rings. The van der Waals surface area contributed by atoms with Crippen LogP contribution in [0.25, 0.3) is 11.3 Å². The van der Waals surface area contributed by atoms with Crippen LogP contribution in [-0.2, 0) is 4.79 Å². The second kappa shape index (κ2) is 9.60. The van der Waals surface area contributed by atoms with E-state index in [0.29, 0.717) is 53.3 Å². The minimum Gasteiger partial charge on any atom is -0.487 e. The fraction of sp³-hybridized carbons (Fsp3) is 0.227. The summed E-state index contributed by atoms with van der Waals surface area (Å²) in [6.45, 7) is 0.379. The van der Waals surface area contributed by atoms with Gasteiger partial charge in [0.2, 0.25) is 11.9 Å². The first-order valence-corrected chi connectivity index (χ1v) is 10.2. The fourth-order valence-corrected chi connectivity index (χ4v) is 3.57. The maximum atomic E-state index is 11.6. The first kappa shape index (κ1) is 21.5. The number of aliphatic hydroxyl groups is 1. The van der Waals surface area contributed by atoms with Gasteiger partial charge >= 0.3 is 0 Å². The molecule has 1 fully saturated rings. The minimum atomic E-state index is -0.519. The monoisotopic (exact) mass is 450 g/mol. The lowest BCUT2D eigenvalue weighted by molar-refractivity contribution is -0.133. The molecule has 10 heteroatoms. The van der Waals surface area contributed by atoms with Crippen molar-refractivity contribution >= 4 is 29.1 Å². The predicted molar refractivity (Wildman–Crippen MR) is 117 cm³/mol. The highest BCUT2D eigenvalue weighted by molar-refractivity contribution is 6.29. The maximum absolute atomic E-state index is 11.6. The number of likely N-dealkylation sites (tertiary alicyclic amines) is 1. The van der Waals surface area contributed by atoms with Gasteiger partial charge in [-0.2, -0.15) is 5.26 Å². The van der Waals surface area contributed by atoms with Crippen LogP contribution < -0.4 is 10.1 Å². The van der Waals surface area contributed by atoms with Crippen molar-refractivity contribution in [3.05, 3.63) is 59.5 Å². The lowest BCUT2D eigenvalue weighted by Crippen LogP contribution is -2.32. The number of halogens is 1. The van der Waals surface area contributed by atoms with Crippen LogP contribution in [0.2, 0.25) is 5.15 Å². The summed E-state index contributed by atoms with van der Waals surface area (Å²) in [6, 6.07) is 12.6. The summed E-state index contributed by atoms with van der Waals surface area (Å²) >= 11 is 5.91. The third-order valence-electron chi connectivity index (χ3n) is 4.96. The first-order valence-electron chi connectivity index (χ1n) is 9.87. The van der Waals surface area contributed by atoms with Crippen LogP contribution in [0.3, 0.4) is 0 Å². The van der Waals surface area contributed by atoms with Gasteiger partial charge in [-0.25, -0.2) is 15.0 Å². The van der Waals surface area contributed by atoms with Crippen LogP contribution >= 0.6 is 11.6 Å². The van der Waals surface area contributed by atoms with Gasteiger partial charge < -0.3 is 20.1 Å². The van der Waals surface area contributed by atoms with Gasteiger partial charge in [-0.3, -0.25) is 4.79 Å². The zero-order valence-corrected chi connectivity index (χ0v) is 17.7. The molecule has 1 saturated heterocycles. The van der Waals surface area contributed by atoms with E-state index in [1.54, 1.807) is 47.6 Å². The van der Waals surface area contributed by atoms with Gasteiger partial charge in [0.05, 0.1) is 17.8 Å². The number of ether oxygens (including phenoxy) is 1. The summed E-state index contributed by atoms with van der Waals surface area (Å²) in [5, 5.41) is 22.1. The van der Waals surface area contributed by atoms with Crippen molar-refractivity contribution < 1.29 is 14.6 Å². The molecule has 32 heavy (non-hydrogen) atoms. The third-order valence-corrected chi connectivity index (χ3v) is 5.17.